The van der Waals surface area contributed by atoms with Crippen LogP contribution in [-0.4, -0.2) is 37.4 Å². The number of carbonyl (C=O) groups excluding carboxylic acids is 2. The molecular weight excluding hydrogens is 350 g/mol. The molecule has 27 heavy (non-hydrogen) atoms. The first kappa shape index (κ1) is 19.8. The first-order valence-electron chi connectivity index (χ1n) is 8.16. The molecule has 0 aliphatic carbocycles. The van der Waals surface area contributed by atoms with Crippen molar-refractivity contribution in [2.45, 2.75) is 12.8 Å². The lowest BCUT2D eigenvalue weighted by molar-refractivity contribution is -0.124. The van der Waals surface area contributed by atoms with Crippen LogP contribution < -0.4 is 20.2 Å². The van der Waals surface area contributed by atoms with Gasteiger partial charge in [-0.2, -0.15) is 5.10 Å². The molecule has 3 N–H and O–H groups in total. The predicted molar refractivity (Wildman–Crippen MR) is 101 cm³/mol. The van der Waals surface area contributed by atoms with Crippen molar-refractivity contribution in [3.8, 4) is 17.2 Å². The Morgan fingerprint density at radius 1 is 1.00 bits per heavy atom. The quantitative estimate of drug-likeness (QED) is 0.487. The molecule has 2 aromatic carbocycles. The molecule has 2 rings (SSSR count). The van der Waals surface area contributed by atoms with E-state index in [0.29, 0.717) is 22.7 Å². The van der Waals surface area contributed by atoms with Crippen LogP contribution >= 0.6 is 0 Å². The summed E-state index contributed by atoms with van der Waals surface area (Å²) in [5, 5.41) is 16.4. The van der Waals surface area contributed by atoms with Crippen molar-refractivity contribution in [2.24, 2.45) is 5.10 Å². The van der Waals surface area contributed by atoms with Gasteiger partial charge in [-0.15, -0.1) is 0 Å². The monoisotopic (exact) mass is 371 g/mol. The van der Waals surface area contributed by atoms with E-state index in [9.17, 15) is 14.7 Å². The van der Waals surface area contributed by atoms with Crippen LogP contribution in [0.25, 0.3) is 0 Å². The van der Waals surface area contributed by atoms with Crippen molar-refractivity contribution < 1.29 is 24.2 Å². The summed E-state index contributed by atoms with van der Waals surface area (Å²) in [6.45, 7) is 0. The summed E-state index contributed by atoms with van der Waals surface area (Å²) in [4.78, 5) is 23.8. The van der Waals surface area contributed by atoms with E-state index >= 15 is 0 Å². The van der Waals surface area contributed by atoms with Gasteiger partial charge >= 0.3 is 0 Å². The van der Waals surface area contributed by atoms with Crippen molar-refractivity contribution in [3.63, 3.8) is 0 Å². The summed E-state index contributed by atoms with van der Waals surface area (Å²) in [6, 6.07) is 11.9. The third kappa shape index (κ3) is 5.74. The molecule has 0 aliphatic rings. The highest BCUT2D eigenvalue weighted by molar-refractivity contribution is 5.94. The minimum Gasteiger partial charge on any atom is -0.504 e. The number of amides is 2. The Bertz CT molecular complexity index is 836. The van der Waals surface area contributed by atoms with E-state index < -0.39 is 5.91 Å². The second kappa shape index (κ2) is 9.81. The Balaban J connectivity index is 1.81. The van der Waals surface area contributed by atoms with Gasteiger partial charge in [-0.25, -0.2) is 5.43 Å². The Morgan fingerprint density at radius 2 is 1.67 bits per heavy atom. The number of methoxy groups -OCH3 is 2. The number of rotatable bonds is 8. The molecule has 0 aliphatic heterocycles. The zero-order valence-corrected chi connectivity index (χ0v) is 15.1. The second-order valence-corrected chi connectivity index (χ2v) is 5.44. The Morgan fingerprint density at radius 3 is 2.41 bits per heavy atom. The van der Waals surface area contributed by atoms with Gasteiger partial charge in [0.15, 0.2) is 11.5 Å². The Hall–Kier alpha value is -3.55. The van der Waals surface area contributed by atoms with Crippen molar-refractivity contribution in [1.29, 1.82) is 0 Å². The van der Waals surface area contributed by atoms with Gasteiger partial charge in [0, 0.05) is 18.4 Å². The number of ether oxygens (including phenoxy) is 2. The van der Waals surface area contributed by atoms with Crippen LogP contribution in [0.1, 0.15) is 18.4 Å². The smallest absolute Gasteiger partial charge is 0.240 e. The third-order valence-corrected chi connectivity index (χ3v) is 3.60. The lowest BCUT2D eigenvalue weighted by Crippen LogP contribution is -2.20. The van der Waals surface area contributed by atoms with Crippen LogP contribution in [0.2, 0.25) is 0 Å². The van der Waals surface area contributed by atoms with Gasteiger partial charge < -0.3 is 19.9 Å². The number of benzene rings is 2. The van der Waals surface area contributed by atoms with E-state index in [4.69, 9.17) is 9.47 Å². The van der Waals surface area contributed by atoms with Gasteiger partial charge in [0.2, 0.25) is 11.8 Å². The maximum Gasteiger partial charge on any atom is 0.240 e. The van der Waals surface area contributed by atoms with E-state index in [1.54, 1.807) is 42.5 Å². The van der Waals surface area contributed by atoms with Crippen LogP contribution in [0.15, 0.2) is 47.6 Å². The molecule has 0 unspecified atom stereocenters. The zero-order chi connectivity index (χ0) is 19.6. The molecule has 0 saturated carbocycles. The van der Waals surface area contributed by atoms with Crippen LogP contribution in [0, 0.1) is 0 Å². The number of carbonyl (C=O) groups is 2. The number of hydrogen-bond acceptors (Lipinski definition) is 6. The fourth-order valence-electron chi connectivity index (χ4n) is 2.23. The lowest BCUT2D eigenvalue weighted by atomic mass is 10.2. The number of hydrazone groups is 1. The lowest BCUT2D eigenvalue weighted by Gasteiger charge is -2.09. The molecule has 0 saturated heterocycles. The van der Waals surface area contributed by atoms with E-state index in [1.165, 1.54) is 20.4 Å². The van der Waals surface area contributed by atoms with Gasteiger partial charge in [0.25, 0.3) is 0 Å². The summed E-state index contributed by atoms with van der Waals surface area (Å²) in [7, 11) is 2.95. The summed E-state index contributed by atoms with van der Waals surface area (Å²) < 4.78 is 10.1. The molecule has 0 aromatic heterocycles. The molecule has 0 bridgehead atoms. The SMILES string of the molecule is COc1ccccc1NC(=O)CCC(=O)N/N=C/c1cccc(OC)c1O. The second-order valence-electron chi connectivity index (χ2n) is 5.44. The minimum absolute atomic E-state index is 0.0101. The van der Waals surface area contributed by atoms with Crippen molar-refractivity contribution in [1.82, 2.24) is 5.43 Å². The molecule has 8 nitrogen and oxygen atoms in total. The third-order valence-electron chi connectivity index (χ3n) is 3.60. The van der Waals surface area contributed by atoms with Crippen LogP contribution in [0.3, 0.4) is 0 Å². The molecular formula is C19H21N3O5. The minimum atomic E-state index is -0.427. The molecule has 0 radical (unpaired) electrons. The van der Waals surface area contributed by atoms with Crippen molar-refractivity contribution >= 4 is 23.7 Å². The number of hydrogen-bond donors (Lipinski definition) is 3. The molecule has 8 heteroatoms. The molecule has 0 heterocycles. The summed E-state index contributed by atoms with van der Waals surface area (Å²) in [6.07, 6.45) is 1.25. The molecule has 2 aromatic rings. The van der Waals surface area contributed by atoms with Gasteiger partial charge in [-0.05, 0) is 24.3 Å². The number of anilines is 1. The standard InChI is InChI=1S/C19H21N3O5/c1-26-15-8-4-3-7-14(15)21-17(23)10-11-18(24)22-20-12-13-6-5-9-16(27-2)19(13)25/h3-9,12,25H,10-11H2,1-2H3,(H,21,23)(H,22,24)/b20-12+. The summed E-state index contributed by atoms with van der Waals surface area (Å²) in [5.74, 6) is 0.0263. The topological polar surface area (TPSA) is 109 Å². The summed E-state index contributed by atoms with van der Waals surface area (Å²) >= 11 is 0. The maximum atomic E-state index is 12.0. The van der Waals surface area contributed by atoms with Gasteiger partial charge in [-0.1, -0.05) is 18.2 Å². The Labute approximate surface area is 156 Å². The van der Waals surface area contributed by atoms with E-state index in [2.05, 4.69) is 15.8 Å². The number of nitrogens with zero attached hydrogens (tertiary/aromatic N) is 1. The summed E-state index contributed by atoms with van der Waals surface area (Å²) in [5.41, 5.74) is 3.24. The maximum absolute atomic E-state index is 12.0. The number of aromatic hydroxyl groups is 1. The van der Waals surface area contributed by atoms with Crippen molar-refractivity contribution in [2.75, 3.05) is 19.5 Å². The molecule has 142 valence electrons. The van der Waals surface area contributed by atoms with E-state index in [1.807, 2.05) is 0 Å². The largest absolute Gasteiger partial charge is 0.504 e. The fourth-order valence-corrected chi connectivity index (χ4v) is 2.23. The molecule has 2 amide bonds. The highest BCUT2D eigenvalue weighted by atomic mass is 16.5. The van der Waals surface area contributed by atoms with Crippen LogP contribution in [0.5, 0.6) is 17.2 Å². The van der Waals surface area contributed by atoms with E-state index in [0.717, 1.165) is 0 Å². The average Bonchev–Trinajstić information content (AvgIpc) is 2.68. The molecule has 0 fully saturated rings. The highest BCUT2D eigenvalue weighted by Crippen LogP contribution is 2.28. The van der Waals surface area contributed by atoms with E-state index in [-0.39, 0.29) is 24.5 Å². The van der Waals surface area contributed by atoms with Crippen LogP contribution in [0.4, 0.5) is 5.69 Å². The normalized spacial score (nSPS) is 10.4. The number of phenols is 1. The predicted octanol–water partition coefficient (Wildman–Crippen LogP) is 2.28. The zero-order valence-electron chi connectivity index (χ0n) is 15.1. The van der Waals surface area contributed by atoms with Crippen LogP contribution in [-0.2, 0) is 9.59 Å². The van der Waals surface area contributed by atoms with Gasteiger partial charge in [0.05, 0.1) is 26.1 Å². The first-order valence-corrected chi connectivity index (χ1v) is 8.16. The highest BCUT2D eigenvalue weighted by Gasteiger charge is 2.09. The van der Waals surface area contributed by atoms with Gasteiger partial charge in [-0.3, -0.25) is 9.59 Å². The molecule has 0 spiro atoms. The molecule has 0 atom stereocenters. The van der Waals surface area contributed by atoms with Gasteiger partial charge in [0.1, 0.15) is 5.75 Å². The number of para-hydroxylation sites is 3. The average molecular weight is 371 g/mol. The first-order chi connectivity index (χ1) is 13.0. The number of nitrogens with one attached hydrogen (secondary N) is 2. The number of phenolic OH excluding ortho intramolecular Hbond substituents is 1. The fraction of sp³-hybridized carbons (Fsp3) is 0.211. The Kier molecular flexibility index (Phi) is 7.18. The van der Waals surface area contributed by atoms with Crippen molar-refractivity contribution in [3.05, 3.63) is 48.0 Å².